The first kappa shape index (κ1) is 18.7. The Morgan fingerprint density at radius 1 is 1.17 bits per heavy atom. The molecular weight excluding hydrogens is 450 g/mol. The summed E-state index contributed by atoms with van der Waals surface area (Å²) >= 11 is 5.09. The predicted octanol–water partition coefficient (Wildman–Crippen LogP) is 4.63. The molecule has 0 bridgehead atoms. The molecule has 1 amide bonds. The highest BCUT2D eigenvalue weighted by Gasteiger charge is 2.34. The lowest BCUT2D eigenvalue weighted by atomic mass is 10.00. The fraction of sp³-hybridized carbons (Fsp3) is 0.227. The first-order valence-corrected chi connectivity index (χ1v) is 11.2. The number of thiophene rings is 1. The molecule has 5 rings (SSSR count). The van der Waals surface area contributed by atoms with Gasteiger partial charge in [-0.1, -0.05) is 46.3 Å². The van der Waals surface area contributed by atoms with Crippen LogP contribution in [0.15, 0.2) is 53.0 Å². The summed E-state index contributed by atoms with van der Waals surface area (Å²) in [6.45, 7) is 2.70. The summed E-state index contributed by atoms with van der Waals surface area (Å²) in [6.07, 6.45) is 0.420. The molecule has 7 heteroatoms. The average Bonchev–Trinajstić information content (AvgIpc) is 3.08. The van der Waals surface area contributed by atoms with E-state index in [1.807, 2.05) is 12.1 Å². The van der Waals surface area contributed by atoms with E-state index in [1.165, 1.54) is 10.4 Å². The zero-order chi connectivity index (χ0) is 20.0. The molecule has 29 heavy (non-hydrogen) atoms. The number of rotatable bonds is 3. The summed E-state index contributed by atoms with van der Waals surface area (Å²) in [7, 11) is 0. The molecule has 148 valence electrons. The van der Waals surface area contributed by atoms with E-state index >= 15 is 0 Å². The van der Waals surface area contributed by atoms with Crippen molar-refractivity contribution < 1.29 is 9.90 Å². The van der Waals surface area contributed by atoms with E-state index in [0.717, 1.165) is 46.7 Å². The van der Waals surface area contributed by atoms with Crippen molar-refractivity contribution in [1.82, 2.24) is 10.2 Å². The number of hydrogen-bond donors (Lipinski definition) is 3. The monoisotopic (exact) mass is 469 g/mol. The highest BCUT2D eigenvalue weighted by atomic mass is 79.9. The topological polar surface area (TPSA) is 64.6 Å². The molecule has 2 aromatic carbocycles. The summed E-state index contributed by atoms with van der Waals surface area (Å²) in [5, 5.41) is 17.6. The third kappa shape index (κ3) is 3.54. The Labute approximate surface area is 181 Å². The van der Waals surface area contributed by atoms with Crippen LogP contribution in [0.4, 0.5) is 5.00 Å². The minimum absolute atomic E-state index is 0.0721. The van der Waals surface area contributed by atoms with Crippen LogP contribution in [0.1, 0.15) is 38.1 Å². The number of nitrogens with zero attached hydrogens (tertiary/aromatic N) is 1. The standard InChI is InChI=1S/C22H20BrN3O2S/c23-14-6-7-17(27)16(10-14)20-24-21(28)19-15-8-9-26(11-13-4-2-1-3-5-13)12-18(15)29-22(19)25-20/h1-7,10,20,25,27H,8-9,11-12H2,(H,24,28)/t20-/m1/s1. The van der Waals surface area contributed by atoms with E-state index in [0.29, 0.717) is 5.56 Å². The maximum atomic E-state index is 12.9. The number of phenols is 1. The van der Waals surface area contributed by atoms with Gasteiger partial charge in [-0.3, -0.25) is 9.69 Å². The van der Waals surface area contributed by atoms with Crippen LogP contribution in [0.2, 0.25) is 0 Å². The molecule has 3 aromatic rings. The Balaban J connectivity index is 1.40. The van der Waals surface area contributed by atoms with Gasteiger partial charge in [-0.2, -0.15) is 0 Å². The van der Waals surface area contributed by atoms with Gasteiger partial charge in [0.15, 0.2) is 0 Å². The van der Waals surface area contributed by atoms with Crippen molar-refractivity contribution in [1.29, 1.82) is 0 Å². The van der Waals surface area contributed by atoms with Crippen molar-refractivity contribution in [3.63, 3.8) is 0 Å². The lowest BCUT2D eigenvalue weighted by Gasteiger charge is -2.29. The van der Waals surface area contributed by atoms with E-state index in [2.05, 4.69) is 55.7 Å². The van der Waals surface area contributed by atoms with Crippen molar-refractivity contribution in [3.8, 4) is 5.75 Å². The zero-order valence-electron chi connectivity index (χ0n) is 15.6. The first-order chi connectivity index (χ1) is 14.1. The second-order valence-corrected chi connectivity index (χ2v) is 9.43. The molecule has 0 fully saturated rings. The SMILES string of the molecule is O=C1N[C@@H](c2cc(Br)ccc2O)Nc2sc3c(c21)CCN(Cc1ccccc1)C3. The van der Waals surface area contributed by atoms with Crippen molar-refractivity contribution in [2.45, 2.75) is 25.7 Å². The van der Waals surface area contributed by atoms with Crippen LogP contribution >= 0.6 is 27.3 Å². The van der Waals surface area contributed by atoms with Crippen LogP contribution < -0.4 is 10.6 Å². The van der Waals surface area contributed by atoms with Gasteiger partial charge in [0.25, 0.3) is 5.91 Å². The first-order valence-electron chi connectivity index (χ1n) is 9.55. The molecule has 0 radical (unpaired) electrons. The molecule has 0 spiro atoms. The van der Waals surface area contributed by atoms with Crippen LogP contribution in [-0.4, -0.2) is 22.5 Å². The molecule has 0 aliphatic carbocycles. The van der Waals surface area contributed by atoms with Crippen molar-refractivity contribution in [2.24, 2.45) is 0 Å². The van der Waals surface area contributed by atoms with Gasteiger partial charge in [-0.25, -0.2) is 0 Å². The van der Waals surface area contributed by atoms with Crippen molar-refractivity contribution in [2.75, 3.05) is 11.9 Å². The van der Waals surface area contributed by atoms with Gasteiger partial charge >= 0.3 is 0 Å². The molecule has 0 saturated heterocycles. The summed E-state index contributed by atoms with van der Waals surface area (Å²) in [5.41, 5.74) is 3.89. The molecule has 3 heterocycles. The van der Waals surface area contributed by atoms with E-state index in [4.69, 9.17) is 0 Å². The average molecular weight is 470 g/mol. The number of aromatic hydroxyl groups is 1. The van der Waals surface area contributed by atoms with E-state index in [9.17, 15) is 9.90 Å². The molecule has 5 nitrogen and oxygen atoms in total. The number of halogens is 1. The number of fused-ring (bicyclic) bond motifs is 3. The van der Waals surface area contributed by atoms with Gasteiger partial charge in [-0.05, 0) is 35.7 Å². The second kappa shape index (κ2) is 7.48. The van der Waals surface area contributed by atoms with Crippen LogP contribution in [0, 0.1) is 0 Å². The number of carbonyl (C=O) groups excluding carboxylic acids is 1. The van der Waals surface area contributed by atoms with Gasteiger partial charge in [0.2, 0.25) is 0 Å². The van der Waals surface area contributed by atoms with E-state index < -0.39 is 6.17 Å². The molecule has 0 unspecified atom stereocenters. The largest absolute Gasteiger partial charge is 0.508 e. The third-order valence-corrected chi connectivity index (χ3v) is 7.10. The lowest BCUT2D eigenvalue weighted by molar-refractivity contribution is 0.0934. The normalized spacial score (nSPS) is 18.5. The second-order valence-electron chi connectivity index (χ2n) is 7.41. The van der Waals surface area contributed by atoms with E-state index in [-0.39, 0.29) is 11.7 Å². The molecular formula is C22H20BrN3O2S. The number of carbonyl (C=O) groups is 1. The summed E-state index contributed by atoms with van der Waals surface area (Å²) in [5.74, 6) is 0.0851. The highest BCUT2D eigenvalue weighted by molar-refractivity contribution is 9.10. The lowest BCUT2D eigenvalue weighted by Crippen LogP contribution is -2.38. The van der Waals surface area contributed by atoms with Crippen molar-refractivity contribution in [3.05, 3.63) is 80.1 Å². The number of amides is 1. The number of hydrogen-bond acceptors (Lipinski definition) is 5. The van der Waals surface area contributed by atoms with Crippen molar-refractivity contribution >= 4 is 38.2 Å². The Morgan fingerprint density at radius 3 is 2.83 bits per heavy atom. The maximum absolute atomic E-state index is 12.9. The number of anilines is 1. The van der Waals surface area contributed by atoms with Gasteiger partial charge in [0.1, 0.15) is 16.9 Å². The number of nitrogens with one attached hydrogen (secondary N) is 2. The number of phenolic OH excluding ortho intramolecular Hbond substituents is 1. The van der Waals surface area contributed by atoms with E-state index in [1.54, 1.807) is 23.5 Å². The van der Waals surface area contributed by atoms with Gasteiger partial charge < -0.3 is 15.7 Å². The minimum Gasteiger partial charge on any atom is -0.508 e. The van der Waals surface area contributed by atoms with Crippen LogP contribution in [-0.2, 0) is 19.5 Å². The zero-order valence-corrected chi connectivity index (χ0v) is 18.0. The minimum atomic E-state index is -0.451. The Kier molecular flexibility index (Phi) is 4.81. The highest BCUT2D eigenvalue weighted by Crippen LogP contribution is 2.42. The fourth-order valence-electron chi connectivity index (χ4n) is 4.06. The molecule has 2 aliphatic rings. The summed E-state index contributed by atoms with van der Waals surface area (Å²) in [6, 6.07) is 15.7. The van der Waals surface area contributed by atoms with Gasteiger partial charge in [-0.15, -0.1) is 11.3 Å². The Hall–Kier alpha value is -2.35. The summed E-state index contributed by atoms with van der Waals surface area (Å²) in [4.78, 5) is 16.6. The molecule has 1 aromatic heterocycles. The smallest absolute Gasteiger partial charge is 0.256 e. The third-order valence-electron chi connectivity index (χ3n) is 5.46. The van der Waals surface area contributed by atoms with Crippen LogP contribution in [0.25, 0.3) is 0 Å². The molecule has 0 saturated carbocycles. The van der Waals surface area contributed by atoms with Crippen LogP contribution in [0.5, 0.6) is 5.75 Å². The quantitative estimate of drug-likeness (QED) is 0.523. The van der Waals surface area contributed by atoms with Crippen LogP contribution in [0.3, 0.4) is 0 Å². The maximum Gasteiger partial charge on any atom is 0.256 e. The molecule has 1 atom stereocenters. The molecule has 3 N–H and O–H groups in total. The Bertz CT molecular complexity index is 1080. The van der Waals surface area contributed by atoms with Gasteiger partial charge in [0.05, 0.1) is 5.56 Å². The predicted molar refractivity (Wildman–Crippen MR) is 118 cm³/mol. The summed E-state index contributed by atoms with van der Waals surface area (Å²) < 4.78 is 0.856. The molecule has 2 aliphatic heterocycles. The Morgan fingerprint density at radius 2 is 2.00 bits per heavy atom. The number of benzene rings is 2. The fourth-order valence-corrected chi connectivity index (χ4v) is 5.75. The van der Waals surface area contributed by atoms with Gasteiger partial charge in [0, 0.05) is 34.5 Å².